The van der Waals surface area contributed by atoms with Crippen LogP contribution in [0.2, 0.25) is 0 Å². The molecule has 2 heterocycles. The highest BCUT2D eigenvalue weighted by Gasteiger charge is 2.25. The van der Waals surface area contributed by atoms with Crippen LogP contribution in [0.1, 0.15) is 20.8 Å². The van der Waals surface area contributed by atoms with Gasteiger partial charge in [-0.3, -0.25) is 14.9 Å². The molecule has 0 unspecified atom stereocenters. The number of fused-ring (bicyclic) bond motifs is 1. The van der Waals surface area contributed by atoms with E-state index in [2.05, 4.69) is 0 Å². The quantitative estimate of drug-likeness (QED) is 0.524. The smallest absolute Gasteiger partial charge is 0.324 e. The van der Waals surface area contributed by atoms with Crippen molar-refractivity contribution >= 4 is 27.9 Å². The van der Waals surface area contributed by atoms with Crippen molar-refractivity contribution in [3.05, 3.63) is 56.5 Å². The number of anilines is 1. The number of amides is 1. The van der Waals surface area contributed by atoms with Crippen molar-refractivity contribution in [1.29, 1.82) is 0 Å². The molecule has 21 heavy (non-hydrogen) atoms. The van der Waals surface area contributed by atoms with Gasteiger partial charge in [-0.2, -0.15) is 0 Å². The van der Waals surface area contributed by atoms with E-state index in [1.54, 1.807) is 4.90 Å². The molecule has 0 spiro atoms. The third kappa shape index (κ3) is 2.47. The minimum Gasteiger partial charge on any atom is -0.398 e. The maximum Gasteiger partial charge on any atom is 0.324 e. The number of hydrogen-bond donors (Lipinski definition) is 1. The van der Waals surface area contributed by atoms with Gasteiger partial charge in [0.1, 0.15) is 0 Å². The number of nitrogens with zero attached hydrogens (tertiary/aromatic N) is 2. The number of thiophene rings is 1. The SMILES string of the molecule is Nc1cccc2c1CCN(C(=O)c1ccc([N+](=O)[O-])s1)C2. The Morgan fingerprint density at radius 3 is 2.86 bits per heavy atom. The standard InChI is InChI=1S/C14H13N3O3S/c15-11-3-1-2-9-8-16(7-6-10(9)11)14(18)12-4-5-13(21-12)17(19)20/h1-5H,6-8,15H2. The molecular formula is C14H13N3O3S. The Hall–Kier alpha value is -2.41. The van der Waals surface area contributed by atoms with Crippen molar-refractivity contribution in [2.24, 2.45) is 0 Å². The molecule has 1 aliphatic heterocycles. The second-order valence-electron chi connectivity index (χ2n) is 4.86. The van der Waals surface area contributed by atoms with Crippen LogP contribution in [0.5, 0.6) is 0 Å². The summed E-state index contributed by atoms with van der Waals surface area (Å²) in [7, 11) is 0. The molecule has 2 aromatic rings. The minimum absolute atomic E-state index is 0.0139. The number of hydrogen-bond acceptors (Lipinski definition) is 5. The fourth-order valence-corrected chi connectivity index (χ4v) is 3.30. The maximum atomic E-state index is 12.4. The van der Waals surface area contributed by atoms with Crippen LogP contribution in [-0.2, 0) is 13.0 Å². The van der Waals surface area contributed by atoms with E-state index in [9.17, 15) is 14.9 Å². The Morgan fingerprint density at radius 1 is 1.33 bits per heavy atom. The van der Waals surface area contributed by atoms with Gasteiger partial charge < -0.3 is 10.6 Å². The number of benzene rings is 1. The molecule has 1 amide bonds. The Labute approximate surface area is 124 Å². The third-order valence-corrected chi connectivity index (χ3v) is 4.60. The zero-order valence-electron chi connectivity index (χ0n) is 11.1. The zero-order chi connectivity index (χ0) is 15.0. The molecule has 1 aromatic heterocycles. The molecule has 1 aromatic carbocycles. The summed E-state index contributed by atoms with van der Waals surface area (Å²) in [4.78, 5) is 24.7. The molecule has 108 valence electrons. The van der Waals surface area contributed by atoms with E-state index in [-0.39, 0.29) is 10.9 Å². The predicted molar refractivity (Wildman–Crippen MR) is 80.3 cm³/mol. The number of rotatable bonds is 2. The minimum atomic E-state index is -0.479. The van der Waals surface area contributed by atoms with Gasteiger partial charge in [0.15, 0.2) is 0 Å². The molecule has 0 fully saturated rings. The van der Waals surface area contributed by atoms with Crippen LogP contribution < -0.4 is 5.73 Å². The summed E-state index contributed by atoms with van der Waals surface area (Å²) >= 11 is 0.912. The Morgan fingerprint density at radius 2 is 2.14 bits per heavy atom. The van der Waals surface area contributed by atoms with E-state index in [1.165, 1.54) is 12.1 Å². The Kier molecular flexibility index (Phi) is 3.34. The lowest BCUT2D eigenvalue weighted by molar-refractivity contribution is -0.380. The van der Waals surface area contributed by atoms with Crippen molar-refractivity contribution in [1.82, 2.24) is 4.90 Å². The normalized spacial score (nSPS) is 13.8. The lowest BCUT2D eigenvalue weighted by Gasteiger charge is -2.29. The molecule has 7 heteroatoms. The molecule has 0 saturated carbocycles. The van der Waals surface area contributed by atoms with Crippen LogP contribution in [0, 0.1) is 10.1 Å². The van der Waals surface area contributed by atoms with Gasteiger partial charge in [-0.25, -0.2) is 0 Å². The van der Waals surface area contributed by atoms with E-state index >= 15 is 0 Å². The zero-order valence-corrected chi connectivity index (χ0v) is 11.9. The summed E-state index contributed by atoms with van der Waals surface area (Å²) < 4.78 is 0. The molecule has 0 atom stereocenters. The molecule has 0 radical (unpaired) electrons. The molecule has 6 nitrogen and oxygen atoms in total. The van der Waals surface area contributed by atoms with Crippen LogP contribution in [0.4, 0.5) is 10.7 Å². The Bertz CT molecular complexity index is 726. The van der Waals surface area contributed by atoms with Gasteiger partial charge in [-0.05, 0) is 29.7 Å². The fourth-order valence-electron chi connectivity index (χ4n) is 2.51. The summed E-state index contributed by atoms with van der Waals surface area (Å²) in [6.07, 6.45) is 0.710. The van der Waals surface area contributed by atoms with Gasteiger partial charge in [-0.15, -0.1) is 0 Å². The van der Waals surface area contributed by atoms with Crippen molar-refractivity contribution in [2.75, 3.05) is 12.3 Å². The van der Waals surface area contributed by atoms with E-state index in [1.807, 2.05) is 18.2 Å². The van der Waals surface area contributed by atoms with Crippen molar-refractivity contribution < 1.29 is 9.72 Å². The van der Waals surface area contributed by atoms with Crippen molar-refractivity contribution in [3.8, 4) is 0 Å². The summed E-state index contributed by atoms with van der Waals surface area (Å²) in [5.74, 6) is -0.166. The van der Waals surface area contributed by atoms with E-state index in [0.717, 1.165) is 28.2 Å². The van der Waals surface area contributed by atoms with Crippen LogP contribution in [0.3, 0.4) is 0 Å². The number of nitrogens with two attached hydrogens (primary N) is 1. The van der Waals surface area contributed by atoms with E-state index in [0.29, 0.717) is 24.4 Å². The Balaban J connectivity index is 1.82. The second-order valence-corrected chi connectivity index (χ2v) is 5.92. The summed E-state index contributed by atoms with van der Waals surface area (Å²) in [5.41, 5.74) is 8.83. The first-order valence-corrected chi connectivity index (χ1v) is 7.27. The van der Waals surface area contributed by atoms with Gasteiger partial charge in [-0.1, -0.05) is 23.5 Å². The first-order valence-electron chi connectivity index (χ1n) is 6.46. The predicted octanol–water partition coefficient (Wildman–Crippen LogP) is 2.44. The van der Waals surface area contributed by atoms with Gasteiger partial charge in [0, 0.05) is 24.8 Å². The molecule has 0 aliphatic carbocycles. The molecule has 3 rings (SSSR count). The summed E-state index contributed by atoms with van der Waals surface area (Å²) in [6.45, 7) is 1.07. The fraction of sp³-hybridized carbons (Fsp3) is 0.214. The lowest BCUT2D eigenvalue weighted by Crippen LogP contribution is -2.35. The van der Waals surface area contributed by atoms with Crippen LogP contribution in [0.15, 0.2) is 30.3 Å². The van der Waals surface area contributed by atoms with Crippen LogP contribution >= 0.6 is 11.3 Å². The molecule has 1 aliphatic rings. The third-order valence-electron chi connectivity index (χ3n) is 3.57. The highest BCUT2D eigenvalue weighted by molar-refractivity contribution is 7.17. The molecule has 0 saturated heterocycles. The van der Waals surface area contributed by atoms with Crippen molar-refractivity contribution in [2.45, 2.75) is 13.0 Å². The topological polar surface area (TPSA) is 89.5 Å². The largest absolute Gasteiger partial charge is 0.398 e. The lowest BCUT2D eigenvalue weighted by atomic mass is 9.98. The van der Waals surface area contributed by atoms with Gasteiger partial charge in [0.25, 0.3) is 5.91 Å². The first-order chi connectivity index (χ1) is 10.1. The maximum absolute atomic E-state index is 12.4. The number of nitro groups is 1. The van der Waals surface area contributed by atoms with Gasteiger partial charge in [0.2, 0.25) is 0 Å². The van der Waals surface area contributed by atoms with E-state index < -0.39 is 4.92 Å². The molecule has 0 bridgehead atoms. The molecular weight excluding hydrogens is 290 g/mol. The monoisotopic (exact) mass is 303 g/mol. The summed E-state index contributed by atoms with van der Waals surface area (Å²) in [6, 6.07) is 8.58. The number of carbonyl (C=O) groups excluding carboxylic acids is 1. The van der Waals surface area contributed by atoms with Gasteiger partial charge in [0.05, 0.1) is 9.80 Å². The van der Waals surface area contributed by atoms with E-state index in [4.69, 9.17) is 5.73 Å². The average molecular weight is 303 g/mol. The second kappa shape index (κ2) is 5.17. The molecule has 2 N–H and O–H groups in total. The highest BCUT2D eigenvalue weighted by Crippen LogP contribution is 2.28. The summed E-state index contributed by atoms with van der Waals surface area (Å²) in [5, 5.41) is 10.7. The highest BCUT2D eigenvalue weighted by atomic mass is 32.1. The average Bonchev–Trinajstić information content (AvgIpc) is 2.96. The van der Waals surface area contributed by atoms with Crippen LogP contribution in [-0.4, -0.2) is 22.3 Å². The van der Waals surface area contributed by atoms with Crippen molar-refractivity contribution in [3.63, 3.8) is 0 Å². The van der Waals surface area contributed by atoms with Crippen LogP contribution in [0.25, 0.3) is 0 Å². The number of nitrogen functional groups attached to an aromatic ring is 1. The van der Waals surface area contributed by atoms with Gasteiger partial charge >= 0.3 is 5.00 Å². The number of carbonyl (C=O) groups is 1. The first kappa shape index (κ1) is 13.6.